The molecule has 1 aliphatic rings. The fourth-order valence-electron chi connectivity index (χ4n) is 2.59. The molecule has 0 saturated carbocycles. The van der Waals surface area contributed by atoms with Gasteiger partial charge >= 0.3 is 11.9 Å². The van der Waals surface area contributed by atoms with E-state index in [1.165, 1.54) is 0 Å². The van der Waals surface area contributed by atoms with Crippen molar-refractivity contribution >= 4 is 23.8 Å². The number of aliphatic carboxylic acids is 2. The molecule has 1 aliphatic heterocycles. The second kappa shape index (κ2) is 10.6. The monoisotopic (exact) mass is 358 g/mol. The fraction of sp³-hybridized carbons (Fsp3) is 0.733. The van der Waals surface area contributed by atoms with Crippen molar-refractivity contribution in [1.82, 2.24) is 16.0 Å². The van der Waals surface area contributed by atoms with E-state index in [4.69, 9.17) is 15.9 Å². The number of carboxylic acid groups (broad SMARTS) is 2. The van der Waals surface area contributed by atoms with Crippen molar-refractivity contribution in [3.8, 4) is 0 Å². The maximum Gasteiger partial charge on any atom is 0.326 e. The van der Waals surface area contributed by atoms with E-state index in [1.807, 2.05) is 0 Å². The van der Waals surface area contributed by atoms with Crippen molar-refractivity contribution in [2.75, 3.05) is 13.1 Å². The molecule has 0 bridgehead atoms. The number of nitrogens with two attached hydrogens (primary N) is 1. The molecule has 10 nitrogen and oxygen atoms in total. The molecule has 2 amide bonds. The van der Waals surface area contributed by atoms with Crippen LogP contribution in [0.5, 0.6) is 0 Å². The highest BCUT2D eigenvalue weighted by Gasteiger charge is 2.30. The highest BCUT2D eigenvalue weighted by atomic mass is 16.4. The molecule has 1 heterocycles. The molecule has 7 N–H and O–H groups in total. The lowest BCUT2D eigenvalue weighted by atomic mass is 10.1. The standard InChI is InChI=1S/C15H26N4O6/c16-6-2-1-4-10(18-13(22)9-5-3-7-17-9)14(23)19-11(15(24)25)8-12(20)21/h9-11,17H,1-8,16H2,(H,18,22)(H,19,23)(H,20,21)(H,24,25). The molecule has 3 unspecified atom stereocenters. The zero-order chi connectivity index (χ0) is 18.8. The van der Waals surface area contributed by atoms with Gasteiger partial charge in [0.05, 0.1) is 12.5 Å². The summed E-state index contributed by atoms with van der Waals surface area (Å²) in [6.07, 6.45) is 2.31. The fourth-order valence-corrected chi connectivity index (χ4v) is 2.59. The first-order valence-electron chi connectivity index (χ1n) is 8.34. The third-order valence-electron chi connectivity index (χ3n) is 3.95. The quantitative estimate of drug-likeness (QED) is 0.240. The van der Waals surface area contributed by atoms with Crippen LogP contribution < -0.4 is 21.7 Å². The molecule has 0 aromatic carbocycles. The van der Waals surface area contributed by atoms with Crippen molar-refractivity contribution in [2.45, 2.75) is 56.7 Å². The largest absolute Gasteiger partial charge is 0.481 e. The summed E-state index contributed by atoms with van der Waals surface area (Å²) in [7, 11) is 0. The van der Waals surface area contributed by atoms with Gasteiger partial charge in [0.15, 0.2) is 0 Å². The van der Waals surface area contributed by atoms with Crippen LogP contribution in [0.1, 0.15) is 38.5 Å². The smallest absolute Gasteiger partial charge is 0.326 e. The molecule has 0 aromatic heterocycles. The minimum absolute atomic E-state index is 0.293. The van der Waals surface area contributed by atoms with Crippen molar-refractivity contribution in [2.24, 2.45) is 5.73 Å². The number of amides is 2. The van der Waals surface area contributed by atoms with Gasteiger partial charge in [-0.1, -0.05) is 0 Å². The number of nitrogens with one attached hydrogen (secondary N) is 3. The minimum Gasteiger partial charge on any atom is -0.481 e. The Hall–Kier alpha value is -2.20. The normalized spacial score (nSPS) is 19.0. The van der Waals surface area contributed by atoms with Gasteiger partial charge in [0.25, 0.3) is 0 Å². The third kappa shape index (κ3) is 7.48. The van der Waals surface area contributed by atoms with Crippen LogP contribution in [0.3, 0.4) is 0 Å². The van der Waals surface area contributed by atoms with Gasteiger partial charge in [-0.05, 0) is 45.2 Å². The van der Waals surface area contributed by atoms with Crippen LogP contribution in [-0.4, -0.2) is 65.2 Å². The van der Waals surface area contributed by atoms with Gasteiger partial charge < -0.3 is 31.9 Å². The van der Waals surface area contributed by atoms with Crippen molar-refractivity contribution in [3.63, 3.8) is 0 Å². The summed E-state index contributed by atoms with van der Waals surface area (Å²) in [6.45, 7) is 1.16. The first-order chi connectivity index (χ1) is 11.8. The third-order valence-corrected chi connectivity index (χ3v) is 3.95. The summed E-state index contributed by atoms with van der Waals surface area (Å²) >= 11 is 0. The van der Waals surface area contributed by atoms with Gasteiger partial charge in [-0.2, -0.15) is 0 Å². The minimum atomic E-state index is -1.55. The van der Waals surface area contributed by atoms with Gasteiger partial charge in [0.2, 0.25) is 11.8 Å². The van der Waals surface area contributed by atoms with Crippen LogP contribution in [0.15, 0.2) is 0 Å². The van der Waals surface area contributed by atoms with Gasteiger partial charge in [0.1, 0.15) is 12.1 Å². The summed E-state index contributed by atoms with van der Waals surface area (Å²) in [5, 5.41) is 25.6. The molecular weight excluding hydrogens is 332 g/mol. The van der Waals surface area contributed by atoms with E-state index in [2.05, 4.69) is 16.0 Å². The molecule has 3 atom stereocenters. The van der Waals surface area contributed by atoms with E-state index in [1.54, 1.807) is 0 Å². The van der Waals surface area contributed by atoms with Crippen LogP contribution in [0, 0.1) is 0 Å². The molecule has 0 aliphatic carbocycles. The number of carbonyl (C=O) groups excluding carboxylic acids is 2. The van der Waals surface area contributed by atoms with E-state index in [0.29, 0.717) is 32.2 Å². The van der Waals surface area contributed by atoms with Gasteiger partial charge in [-0.15, -0.1) is 0 Å². The van der Waals surface area contributed by atoms with Crippen LogP contribution in [0.25, 0.3) is 0 Å². The van der Waals surface area contributed by atoms with Gasteiger partial charge in [0, 0.05) is 0 Å². The summed E-state index contributed by atoms with van der Waals surface area (Å²) in [6, 6.07) is -2.86. The Morgan fingerprint density at radius 2 is 1.84 bits per heavy atom. The van der Waals surface area contributed by atoms with Crippen LogP contribution >= 0.6 is 0 Å². The lowest BCUT2D eigenvalue weighted by molar-refractivity contribution is -0.147. The van der Waals surface area contributed by atoms with Crippen molar-refractivity contribution < 1.29 is 29.4 Å². The Morgan fingerprint density at radius 1 is 1.12 bits per heavy atom. The predicted molar refractivity (Wildman–Crippen MR) is 87.7 cm³/mol. The van der Waals surface area contributed by atoms with E-state index in [-0.39, 0.29) is 11.9 Å². The molecule has 142 valence electrons. The second-order valence-corrected chi connectivity index (χ2v) is 5.99. The number of carboxylic acids is 2. The van der Waals surface area contributed by atoms with Crippen LogP contribution in [0.4, 0.5) is 0 Å². The summed E-state index contributed by atoms with van der Waals surface area (Å²) in [4.78, 5) is 46.4. The zero-order valence-electron chi connectivity index (χ0n) is 14.0. The summed E-state index contributed by atoms with van der Waals surface area (Å²) < 4.78 is 0. The molecule has 0 aromatic rings. The average Bonchev–Trinajstić information content (AvgIpc) is 3.07. The maximum atomic E-state index is 12.4. The second-order valence-electron chi connectivity index (χ2n) is 5.99. The van der Waals surface area contributed by atoms with Crippen molar-refractivity contribution in [3.05, 3.63) is 0 Å². The molecule has 10 heteroatoms. The summed E-state index contributed by atoms with van der Waals surface area (Å²) in [5.41, 5.74) is 5.43. The Balaban J connectivity index is 2.70. The molecular formula is C15H26N4O6. The van der Waals surface area contributed by atoms with Crippen molar-refractivity contribution in [1.29, 1.82) is 0 Å². The van der Waals surface area contributed by atoms with Gasteiger partial charge in [-0.3, -0.25) is 14.4 Å². The molecule has 1 rings (SSSR count). The molecule has 1 saturated heterocycles. The molecule has 0 spiro atoms. The first kappa shape index (κ1) is 20.8. The lowest BCUT2D eigenvalue weighted by Gasteiger charge is -2.22. The number of carbonyl (C=O) groups is 4. The number of hydrogen-bond acceptors (Lipinski definition) is 6. The highest BCUT2D eigenvalue weighted by Crippen LogP contribution is 2.08. The average molecular weight is 358 g/mol. The molecule has 0 radical (unpaired) electrons. The number of unbranched alkanes of at least 4 members (excludes halogenated alkanes) is 1. The Bertz CT molecular complexity index is 492. The highest BCUT2D eigenvalue weighted by molar-refractivity contribution is 5.92. The Labute approximate surface area is 145 Å². The van der Waals surface area contributed by atoms with Crippen LogP contribution in [-0.2, 0) is 19.2 Å². The first-order valence-corrected chi connectivity index (χ1v) is 8.34. The Morgan fingerprint density at radius 3 is 2.36 bits per heavy atom. The topological polar surface area (TPSA) is 171 Å². The van der Waals surface area contributed by atoms with Crippen LogP contribution in [0.2, 0.25) is 0 Å². The molecule has 25 heavy (non-hydrogen) atoms. The number of rotatable bonds is 11. The SMILES string of the molecule is NCCCCC(NC(=O)C1CCCN1)C(=O)NC(CC(=O)O)C(=O)O. The van der Waals surface area contributed by atoms with E-state index < -0.39 is 36.4 Å². The summed E-state index contributed by atoms with van der Waals surface area (Å²) in [5.74, 6) is -3.82. The molecule has 1 fully saturated rings. The van der Waals surface area contributed by atoms with Gasteiger partial charge in [-0.25, -0.2) is 4.79 Å². The number of hydrogen-bond donors (Lipinski definition) is 6. The lowest BCUT2D eigenvalue weighted by Crippen LogP contribution is -2.54. The Kier molecular flexibility index (Phi) is 8.86. The zero-order valence-corrected chi connectivity index (χ0v) is 14.0. The van der Waals surface area contributed by atoms with E-state index >= 15 is 0 Å². The predicted octanol–water partition coefficient (Wildman–Crippen LogP) is -1.60. The maximum absolute atomic E-state index is 12.4. The van der Waals surface area contributed by atoms with E-state index in [9.17, 15) is 19.2 Å². The van der Waals surface area contributed by atoms with E-state index in [0.717, 1.165) is 13.0 Å².